The number of rotatable bonds is 4. The van der Waals surface area contributed by atoms with E-state index in [1.165, 1.54) is 5.56 Å². The van der Waals surface area contributed by atoms with Crippen LogP contribution in [-0.2, 0) is 10.6 Å². The summed E-state index contributed by atoms with van der Waals surface area (Å²) in [4.78, 5) is 4.57. The van der Waals surface area contributed by atoms with Crippen molar-refractivity contribution in [2.24, 2.45) is 0 Å². The number of imidazole rings is 1. The largest absolute Gasteiger partial charge is 0.383 e. The Labute approximate surface area is 106 Å². The molecule has 92 valence electrons. The summed E-state index contributed by atoms with van der Waals surface area (Å²) in [7, 11) is 1.71. The average molecular weight is 253 g/mol. The van der Waals surface area contributed by atoms with Gasteiger partial charge in [0.1, 0.15) is 5.82 Å². The number of halogens is 1. The highest BCUT2D eigenvalue weighted by Gasteiger charge is 2.14. The predicted octanol–water partition coefficient (Wildman–Crippen LogP) is 3.29. The van der Waals surface area contributed by atoms with E-state index in [0.29, 0.717) is 12.5 Å². The zero-order valence-electron chi connectivity index (χ0n) is 10.4. The van der Waals surface area contributed by atoms with Gasteiger partial charge in [-0.1, -0.05) is 6.07 Å². The number of hydrogen-bond acceptors (Lipinski definition) is 2. The highest BCUT2D eigenvalue weighted by Crippen LogP contribution is 2.23. The molecule has 0 saturated heterocycles. The maximum atomic E-state index is 5.96. The van der Waals surface area contributed by atoms with Gasteiger partial charge >= 0.3 is 0 Å². The first-order valence-electron chi connectivity index (χ1n) is 5.69. The lowest BCUT2D eigenvalue weighted by Crippen LogP contribution is -2.13. The van der Waals surface area contributed by atoms with Crippen molar-refractivity contribution in [3.63, 3.8) is 0 Å². The smallest absolute Gasteiger partial charge is 0.125 e. The first kappa shape index (κ1) is 12.4. The van der Waals surface area contributed by atoms with Gasteiger partial charge in [0.05, 0.1) is 29.6 Å². The Kier molecular flexibility index (Phi) is 3.69. The molecule has 1 aromatic carbocycles. The third-order valence-corrected chi connectivity index (χ3v) is 3.13. The van der Waals surface area contributed by atoms with E-state index in [-0.39, 0.29) is 6.04 Å². The van der Waals surface area contributed by atoms with E-state index in [1.807, 2.05) is 0 Å². The van der Waals surface area contributed by atoms with Crippen LogP contribution < -0.4 is 0 Å². The van der Waals surface area contributed by atoms with Crippen LogP contribution in [0.2, 0.25) is 0 Å². The van der Waals surface area contributed by atoms with Crippen LogP contribution in [-0.4, -0.2) is 23.3 Å². The fourth-order valence-electron chi connectivity index (χ4n) is 2.16. The molecule has 0 aliphatic carbocycles. The third-order valence-electron chi connectivity index (χ3n) is 2.89. The molecule has 0 amide bonds. The van der Waals surface area contributed by atoms with Crippen molar-refractivity contribution in [2.75, 3.05) is 13.7 Å². The molecule has 0 fully saturated rings. The summed E-state index contributed by atoms with van der Waals surface area (Å²) in [6, 6.07) is 6.51. The number of alkyl halides is 1. The fourth-order valence-corrected chi connectivity index (χ4v) is 2.35. The van der Waals surface area contributed by atoms with E-state index < -0.39 is 0 Å². The molecule has 17 heavy (non-hydrogen) atoms. The van der Waals surface area contributed by atoms with Crippen molar-refractivity contribution < 1.29 is 4.74 Å². The summed E-state index contributed by atoms with van der Waals surface area (Å²) in [5.41, 5.74) is 3.34. The first-order valence-corrected chi connectivity index (χ1v) is 6.23. The molecule has 0 radical (unpaired) electrons. The second-order valence-corrected chi connectivity index (χ2v) is 4.60. The minimum Gasteiger partial charge on any atom is -0.383 e. The summed E-state index contributed by atoms with van der Waals surface area (Å²) in [5.74, 6) is 1.32. The van der Waals surface area contributed by atoms with Gasteiger partial charge in [0, 0.05) is 7.11 Å². The standard InChI is InChI=1S/C13H17ClN2O/c1-9-4-5-12-11(6-9)15-13(7-14)16(12)10(2)8-17-3/h4-6,10H,7-8H2,1-3H3. The van der Waals surface area contributed by atoms with E-state index in [4.69, 9.17) is 16.3 Å². The molecule has 0 aliphatic heterocycles. The van der Waals surface area contributed by atoms with Crippen molar-refractivity contribution in [3.8, 4) is 0 Å². The Morgan fingerprint density at radius 1 is 1.47 bits per heavy atom. The number of ether oxygens (including phenoxy) is 1. The molecule has 1 aromatic heterocycles. The molecular weight excluding hydrogens is 236 g/mol. The monoisotopic (exact) mass is 252 g/mol. The lowest BCUT2D eigenvalue weighted by atomic mass is 10.2. The molecule has 0 N–H and O–H groups in total. The van der Waals surface area contributed by atoms with Gasteiger partial charge in [-0.05, 0) is 31.5 Å². The molecule has 1 heterocycles. The number of benzene rings is 1. The van der Waals surface area contributed by atoms with Gasteiger partial charge < -0.3 is 9.30 Å². The van der Waals surface area contributed by atoms with Crippen LogP contribution in [0.25, 0.3) is 11.0 Å². The minimum absolute atomic E-state index is 0.237. The van der Waals surface area contributed by atoms with Crippen molar-refractivity contribution in [2.45, 2.75) is 25.8 Å². The maximum Gasteiger partial charge on any atom is 0.125 e. The number of aryl methyl sites for hydroxylation is 1. The van der Waals surface area contributed by atoms with Gasteiger partial charge in [-0.15, -0.1) is 11.6 Å². The van der Waals surface area contributed by atoms with Gasteiger partial charge in [-0.2, -0.15) is 0 Å². The molecular formula is C13H17ClN2O. The molecule has 1 unspecified atom stereocenters. The minimum atomic E-state index is 0.237. The van der Waals surface area contributed by atoms with E-state index >= 15 is 0 Å². The highest BCUT2D eigenvalue weighted by molar-refractivity contribution is 6.16. The Hall–Kier alpha value is -1.06. The SMILES string of the molecule is COCC(C)n1c(CCl)nc2cc(C)ccc21. The fraction of sp³-hybridized carbons (Fsp3) is 0.462. The second kappa shape index (κ2) is 5.07. The van der Waals surface area contributed by atoms with Crippen molar-refractivity contribution >= 4 is 22.6 Å². The Morgan fingerprint density at radius 3 is 2.88 bits per heavy atom. The summed E-state index contributed by atoms with van der Waals surface area (Å²) < 4.78 is 7.37. The van der Waals surface area contributed by atoms with Crippen LogP contribution in [0, 0.1) is 6.92 Å². The van der Waals surface area contributed by atoms with Crippen LogP contribution in [0.1, 0.15) is 24.4 Å². The molecule has 0 bridgehead atoms. The number of hydrogen-bond donors (Lipinski definition) is 0. The number of fused-ring (bicyclic) bond motifs is 1. The number of methoxy groups -OCH3 is 1. The third kappa shape index (κ3) is 2.31. The van der Waals surface area contributed by atoms with Crippen LogP contribution in [0.5, 0.6) is 0 Å². The lowest BCUT2D eigenvalue weighted by Gasteiger charge is -2.15. The molecule has 2 aromatic rings. The Morgan fingerprint density at radius 2 is 2.24 bits per heavy atom. The van der Waals surface area contributed by atoms with Crippen molar-refractivity contribution in [3.05, 3.63) is 29.6 Å². The maximum absolute atomic E-state index is 5.96. The van der Waals surface area contributed by atoms with Gasteiger partial charge in [0.15, 0.2) is 0 Å². The van der Waals surface area contributed by atoms with E-state index in [9.17, 15) is 0 Å². The summed E-state index contributed by atoms with van der Waals surface area (Å²) in [6.45, 7) is 4.83. The first-order chi connectivity index (χ1) is 8.17. The number of nitrogens with zero attached hydrogens (tertiary/aromatic N) is 2. The van der Waals surface area contributed by atoms with E-state index in [1.54, 1.807) is 7.11 Å². The topological polar surface area (TPSA) is 27.1 Å². The normalized spacial score (nSPS) is 13.2. The van der Waals surface area contributed by atoms with Crippen molar-refractivity contribution in [1.82, 2.24) is 9.55 Å². The Balaban J connectivity index is 2.58. The van der Waals surface area contributed by atoms with Gasteiger partial charge in [-0.25, -0.2) is 4.98 Å². The summed E-state index contributed by atoms with van der Waals surface area (Å²) in [6.07, 6.45) is 0. The van der Waals surface area contributed by atoms with Crippen LogP contribution in [0.4, 0.5) is 0 Å². The van der Waals surface area contributed by atoms with Gasteiger partial charge in [0.25, 0.3) is 0 Å². The van der Waals surface area contributed by atoms with Gasteiger partial charge in [0.2, 0.25) is 0 Å². The molecule has 1 atom stereocenters. The van der Waals surface area contributed by atoms with E-state index in [2.05, 4.69) is 41.6 Å². The molecule has 0 aliphatic rings. The van der Waals surface area contributed by atoms with E-state index in [0.717, 1.165) is 16.9 Å². The van der Waals surface area contributed by atoms with Crippen molar-refractivity contribution in [1.29, 1.82) is 0 Å². The zero-order chi connectivity index (χ0) is 12.4. The quantitative estimate of drug-likeness (QED) is 0.781. The Bertz CT molecular complexity index is 521. The van der Waals surface area contributed by atoms with Crippen LogP contribution in [0.3, 0.4) is 0 Å². The second-order valence-electron chi connectivity index (χ2n) is 4.33. The molecule has 4 heteroatoms. The summed E-state index contributed by atoms with van der Waals surface area (Å²) in [5, 5.41) is 0. The molecule has 3 nitrogen and oxygen atoms in total. The molecule has 0 spiro atoms. The van der Waals surface area contributed by atoms with Gasteiger partial charge in [-0.3, -0.25) is 0 Å². The number of aromatic nitrogens is 2. The molecule has 2 rings (SSSR count). The predicted molar refractivity (Wildman–Crippen MR) is 70.6 cm³/mol. The lowest BCUT2D eigenvalue weighted by molar-refractivity contribution is 0.163. The van der Waals surface area contributed by atoms with Crippen LogP contribution >= 0.6 is 11.6 Å². The zero-order valence-corrected chi connectivity index (χ0v) is 11.2. The van der Waals surface area contributed by atoms with Crippen LogP contribution in [0.15, 0.2) is 18.2 Å². The molecule has 0 saturated carbocycles. The average Bonchev–Trinajstić information content (AvgIpc) is 2.66. The summed E-state index contributed by atoms with van der Waals surface area (Å²) >= 11 is 5.96. The highest BCUT2D eigenvalue weighted by atomic mass is 35.5.